The van der Waals surface area contributed by atoms with E-state index < -0.39 is 5.41 Å². The molecule has 7 heteroatoms. The van der Waals surface area contributed by atoms with Gasteiger partial charge in [-0.25, -0.2) is 19.9 Å². The van der Waals surface area contributed by atoms with E-state index in [9.17, 15) is 4.79 Å². The lowest BCUT2D eigenvalue weighted by atomic mass is 9.87. The number of aromatic amines is 2. The Labute approximate surface area is 162 Å². The van der Waals surface area contributed by atoms with Gasteiger partial charge < -0.3 is 9.97 Å². The average Bonchev–Trinajstić information content (AvgIpc) is 3.32. The fourth-order valence-corrected chi connectivity index (χ4v) is 2.44. The summed E-state index contributed by atoms with van der Waals surface area (Å²) in [5.41, 5.74) is 3.78. The Hall–Kier alpha value is -3.97. The Bertz CT molecular complexity index is 1240. The summed E-state index contributed by atoms with van der Waals surface area (Å²) in [4.78, 5) is 34.6. The fraction of sp³-hybridized carbons (Fsp3) is 0.190. The predicted octanol–water partition coefficient (Wildman–Crippen LogP) is 3.11. The van der Waals surface area contributed by atoms with E-state index in [4.69, 9.17) is 12.8 Å². The molecule has 4 heterocycles. The van der Waals surface area contributed by atoms with Crippen molar-refractivity contribution in [2.45, 2.75) is 20.8 Å². The van der Waals surface area contributed by atoms with Crippen molar-refractivity contribution in [3.8, 4) is 24.7 Å². The van der Waals surface area contributed by atoms with Crippen LogP contribution in [0.15, 0.2) is 30.9 Å². The number of hydrogen-bond donors (Lipinski definition) is 2. The lowest BCUT2D eigenvalue weighted by Gasteiger charge is -2.15. The van der Waals surface area contributed by atoms with Crippen molar-refractivity contribution in [3.63, 3.8) is 0 Å². The van der Waals surface area contributed by atoms with E-state index >= 15 is 0 Å². The maximum atomic E-state index is 12.2. The van der Waals surface area contributed by atoms with Crippen LogP contribution in [-0.4, -0.2) is 35.7 Å². The smallest absolute Gasteiger partial charge is 0.171 e. The Kier molecular flexibility index (Phi) is 4.93. The van der Waals surface area contributed by atoms with Crippen LogP contribution in [0.1, 0.15) is 42.5 Å². The number of fused-ring (bicyclic) bond motifs is 2. The van der Waals surface area contributed by atoms with Crippen LogP contribution in [-0.2, 0) is 0 Å². The Morgan fingerprint density at radius 2 is 1.64 bits per heavy atom. The minimum Gasteiger partial charge on any atom is -0.345 e. The molecule has 0 fully saturated rings. The van der Waals surface area contributed by atoms with Gasteiger partial charge in [0, 0.05) is 17.8 Å². The summed E-state index contributed by atoms with van der Waals surface area (Å²) in [5, 5.41) is 0. The minimum atomic E-state index is -0.455. The standard InChI is InChI=1S/C13H13N3O.C8H5N3/c1-5-8-6-14-12-10(16-8)9(7-15-12)11(17)13(2,3)4;1-2-6-5-10-8-7(11-6)3-4-9-8/h1,6-7H,2-4H3,(H,14,15);1,3-5H,(H,9,10). The van der Waals surface area contributed by atoms with Crippen LogP contribution in [0.5, 0.6) is 0 Å². The third kappa shape index (κ3) is 3.74. The molecule has 0 saturated heterocycles. The van der Waals surface area contributed by atoms with Gasteiger partial charge in [-0.05, 0) is 17.9 Å². The molecular weight excluding hydrogens is 352 g/mol. The van der Waals surface area contributed by atoms with Crippen molar-refractivity contribution in [3.05, 3.63) is 47.8 Å². The molecule has 0 radical (unpaired) electrons. The van der Waals surface area contributed by atoms with Crippen LogP contribution in [0, 0.1) is 30.1 Å². The molecule has 0 aliphatic heterocycles. The van der Waals surface area contributed by atoms with Crippen molar-refractivity contribution in [1.29, 1.82) is 0 Å². The van der Waals surface area contributed by atoms with Crippen molar-refractivity contribution < 1.29 is 4.79 Å². The highest BCUT2D eigenvalue weighted by atomic mass is 16.1. The molecule has 138 valence electrons. The lowest BCUT2D eigenvalue weighted by Crippen LogP contribution is -2.20. The van der Waals surface area contributed by atoms with Crippen LogP contribution < -0.4 is 0 Å². The van der Waals surface area contributed by atoms with Gasteiger partial charge in [-0.15, -0.1) is 12.8 Å². The molecule has 4 rings (SSSR count). The van der Waals surface area contributed by atoms with E-state index in [0.717, 1.165) is 11.2 Å². The number of carbonyl (C=O) groups excluding carboxylic acids is 1. The van der Waals surface area contributed by atoms with Crippen molar-refractivity contribution in [2.75, 3.05) is 0 Å². The molecule has 0 saturated carbocycles. The van der Waals surface area contributed by atoms with E-state index in [1.54, 1.807) is 18.6 Å². The highest BCUT2D eigenvalue weighted by Crippen LogP contribution is 2.24. The summed E-state index contributed by atoms with van der Waals surface area (Å²) in [6.07, 6.45) is 16.9. The quantitative estimate of drug-likeness (QED) is 0.396. The van der Waals surface area contributed by atoms with E-state index in [1.807, 2.05) is 26.8 Å². The van der Waals surface area contributed by atoms with Crippen LogP contribution in [0.3, 0.4) is 0 Å². The first-order valence-electron chi connectivity index (χ1n) is 8.45. The third-order valence-electron chi connectivity index (χ3n) is 3.86. The van der Waals surface area contributed by atoms with E-state index in [-0.39, 0.29) is 5.78 Å². The van der Waals surface area contributed by atoms with Gasteiger partial charge in [-0.2, -0.15) is 0 Å². The van der Waals surface area contributed by atoms with Gasteiger partial charge in [0.1, 0.15) is 22.4 Å². The first-order chi connectivity index (χ1) is 13.3. The summed E-state index contributed by atoms with van der Waals surface area (Å²) in [7, 11) is 0. The van der Waals surface area contributed by atoms with Crippen molar-refractivity contribution in [2.24, 2.45) is 5.41 Å². The van der Waals surface area contributed by atoms with Gasteiger partial charge in [0.05, 0.1) is 18.0 Å². The zero-order valence-electron chi connectivity index (χ0n) is 15.7. The summed E-state index contributed by atoms with van der Waals surface area (Å²) in [5.74, 6) is 4.86. The van der Waals surface area contributed by atoms with Gasteiger partial charge in [-0.3, -0.25) is 4.79 Å². The number of nitrogens with one attached hydrogen (secondary N) is 2. The largest absolute Gasteiger partial charge is 0.345 e. The molecule has 4 aromatic rings. The third-order valence-corrected chi connectivity index (χ3v) is 3.86. The van der Waals surface area contributed by atoms with E-state index in [2.05, 4.69) is 41.7 Å². The monoisotopic (exact) mass is 370 g/mol. The number of aromatic nitrogens is 6. The Morgan fingerprint density at radius 1 is 1.00 bits per heavy atom. The number of carbonyl (C=O) groups is 1. The Morgan fingerprint density at radius 3 is 2.29 bits per heavy atom. The summed E-state index contributed by atoms with van der Waals surface area (Å²) in [6, 6.07) is 1.84. The minimum absolute atomic E-state index is 0.0206. The number of terminal acetylenes is 2. The van der Waals surface area contributed by atoms with Crippen molar-refractivity contribution in [1.82, 2.24) is 29.9 Å². The molecule has 28 heavy (non-hydrogen) atoms. The number of Topliss-reactive ketones (excluding diaryl/α,β-unsaturated/α-hetero) is 1. The number of rotatable bonds is 1. The topological polar surface area (TPSA) is 100 Å². The molecule has 0 amide bonds. The first-order valence-corrected chi connectivity index (χ1v) is 8.45. The summed E-state index contributed by atoms with van der Waals surface area (Å²) in [6.45, 7) is 5.60. The van der Waals surface area contributed by atoms with Gasteiger partial charge in [0.15, 0.2) is 17.1 Å². The van der Waals surface area contributed by atoms with Crippen LogP contribution >= 0.6 is 0 Å². The molecule has 0 atom stereocenters. The summed E-state index contributed by atoms with van der Waals surface area (Å²) < 4.78 is 0. The average molecular weight is 370 g/mol. The SMILES string of the molecule is C#Cc1cnc2[nH]cc(C(=O)C(C)(C)C)c2n1.C#Cc1cnc2[nH]ccc2n1. The maximum Gasteiger partial charge on any atom is 0.171 e. The van der Waals surface area contributed by atoms with Crippen LogP contribution in [0.25, 0.3) is 22.3 Å². The molecule has 0 aliphatic carbocycles. The molecule has 0 aromatic carbocycles. The second-order valence-corrected chi connectivity index (χ2v) is 6.99. The second-order valence-electron chi connectivity index (χ2n) is 6.99. The molecule has 0 aliphatic rings. The fourth-order valence-electron chi connectivity index (χ4n) is 2.44. The zero-order valence-corrected chi connectivity index (χ0v) is 15.7. The number of hydrogen-bond acceptors (Lipinski definition) is 5. The molecule has 7 nitrogen and oxygen atoms in total. The normalized spacial score (nSPS) is 10.8. The predicted molar refractivity (Wildman–Crippen MR) is 107 cm³/mol. The van der Waals surface area contributed by atoms with Gasteiger partial charge in [0.2, 0.25) is 0 Å². The van der Waals surface area contributed by atoms with Gasteiger partial charge in [0.25, 0.3) is 0 Å². The van der Waals surface area contributed by atoms with Gasteiger partial charge >= 0.3 is 0 Å². The second kappa shape index (κ2) is 7.34. The lowest BCUT2D eigenvalue weighted by molar-refractivity contribution is 0.0860. The van der Waals surface area contributed by atoms with E-state index in [0.29, 0.717) is 28.1 Å². The van der Waals surface area contributed by atoms with Crippen molar-refractivity contribution >= 4 is 28.1 Å². The van der Waals surface area contributed by atoms with Crippen LogP contribution in [0.4, 0.5) is 0 Å². The molecule has 4 aromatic heterocycles. The highest BCUT2D eigenvalue weighted by molar-refractivity contribution is 6.08. The molecule has 0 bridgehead atoms. The molecular formula is C21H18N6O. The highest BCUT2D eigenvalue weighted by Gasteiger charge is 2.26. The number of nitrogens with zero attached hydrogens (tertiary/aromatic N) is 4. The number of ketones is 1. The molecule has 0 spiro atoms. The molecule has 2 N–H and O–H groups in total. The van der Waals surface area contributed by atoms with E-state index in [1.165, 1.54) is 6.20 Å². The number of H-pyrrole nitrogens is 2. The zero-order chi connectivity index (χ0) is 20.3. The van der Waals surface area contributed by atoms with Crippen LogP contribution in [0.2, 0.25) is 0 Å². The maximum absolute atomic E-state index is 12.2. The van der Waals surface area contributed by atoms with Gasteiger partial charge in [-0.1, -0.05) is 20.8 Å². The summed E-state index contributed by atoms with van der Waals surface area (Å²) >= 11 is 0. The molecule has 0 unspecified atom stereocenters. The Balaban J connectivity index is 0.000000176. The first kappa shape index (κ1) is 18.8.